The quantitative estimate of drug-likeness (QED) is 0.872. The fourth-order valence-electron chi connectivity index (χ4n) is 2.04. The number of hydrogen-bond acceptors (Lipinski definition) is 4. The highest BCUT2D eigenvalue weighted by Gasteiger charge is 2.22. The Morgan fingerprint density at radius 1 is 1.53 bits per heavy atom. The van der Waals surface area contributed by atoms with Gasteiger partial charge in [-0.25, -0.2) is 4.98 Å². The molecule has 1 saturated heterocycles. The van der Waals surface area contributed by atoms with Crippen molar-refractivity contribution in [3.05, 3.63) is 16.1 Å². The van der Waals surface area contributed by atoms with Gasteiger partial charge >= 0.3 is 0 Å². The molecule has 1 atom stereocenters. The second-order valence-corrected chi connectivity index (χ2v) is 6.86. The number of rotatable bonds is 2. The van der Waals surface area contributed by atoms with Crippen molar-refractivity contribution in [3.63, 3.8) is 0 Å². The van der Waals surface area contributed by atoms with Gasteiger partial charge in [-0.1, -0.05) is 20.8 Å². The number of nitrogens with zero attached hydrogens (tertiary/aromatic N) is 2. The Labute approximate surface area is 108 Å². The largest absolute Gasteiger partial charge is 0.314 e. The van der Waals surface area contributed by atoms with E-state index in [0.29, 0.717) is 6.04 Å². The van der Waals surface area contributed by atoms with Crippen molar-refractivity contribution in [2.45, 2.75) is 38.6 Å². The van der Waals surface area contributed by atoms with Gasteiger partial charge < -0.3 is 10.2 Å². The summed E-state index contributed by atoms with van der Waals surface area (Å²) >= 11 is 1.81. The highest BCUT2D eigenvalue weighted by Crippen LogP contribution is 2.24. The molecule has 4 heteroatoms. The molecule has 0 saturated carbocycles. The maximum absolute atomic E-state index is 4.77. The second-order valence-electron chi connectivity index (χ2n) is 5.92. The van der Waals surface area contributed by atoms with Crippen LogP contribution < -0.4 is 5.32 Å². The van der Waals surface area contributed by atoms with Gasteiger partial charge in [-0.2, -0.15) is 0 Å². The van der Waals surface area contributed by atoms with Crippen molar-refractivity contribution in [2.75, 3.05) is 26.7 Å². The lowest BCUT2D eigenvalue weighted by Gasteiger charge is -2.32. The van der Waals surface area contributed by atoms with Crippen LogP contribution in [0.25, 0.3) is 0 Å². The predicted octanol–water partition coefficient (Wildman–Crippen LogP) is 1.89. The van der Waals surface area contributed by atoms with E-state index in [0.717, 1.165) is 26.1 Å². The first kappa shape index (κ1) is 13.0. The number of aromatic nitrogens is 1. The first-order valence-corrected chi connectivity index (χ1v) is 7.20. The molecule has 0 radical (unpaired) electrons. The number of thiazole rings is 1. The molecule has 1 unspecified atom stereocenters. The molecule has 1 aromatic heterocycles. The summed E-state index contributed by atoms with van der Waals surface area (Å²) in [5.74, 6) is 0. The molecule has 0 spiro atoms. The van der Waals surface area contributed by atoms with Gasteiger partial charge in [0.1, 0.15) is 0 Å². The minimum atomic E-state index is 0.172. The lowest BCUT2D eigenvalue weighted by atomic mass is 9.93. The molecule has 96 valence electrons. The first-order chi connectivity index (χ1) is 7.97. The Hall–Kier alpha value is -0.450. The third-order valence-corrected chi connectivity index (χ3v) is 4.25. The monoisotopic (exact) mass is 253 g/mol. The summed E-state index contributed by atoms with van der Waals surface area (Å²) in [5.41, 5.74) is 1.40. The summed E-state index contributed by atoms with van der Waals surface area (Å²) in [4.78, 5) is 7.21. The third kappa shape index (κ3) is 3.27. The summed E-state index contributed by atoms with van der Waals surface area (Å²) in [5, 5.41) is 6.95. The van der Waals surface area contributed by atoms with Crippen LogP contribution in [0.5, 0.6) is 0 Å². The molecule has 1 N–H and O–H groups in total. The van der Waals surface area contributed by atoms with Crippen LogP contribution in [0.3, 0.4) is 0 Å². The Balaban J connectivity index is 2.01. The van der Waals surface area contributed by atoms with Crippen molar-refractivity contribution >= 4 is 11.3 Å². The van der Waals surface area contributed by atoms with Crippen molar-refractivity contribution in [3.8, 4) is 0 Å². The average Bonchev–Trinajstić information content (AvgIpc) is 2.69. The lowest BCUT2D eigenvalue weighted by Crippen LogP contribution is -2.50. The van der Waals surface area contributed by atoms with Gasteiger partial charge in [-0.15, -0.1) is 11.3 Å². The summed E-state index contributed by atoms with van der Waals surface area (Å²) in [6.07, 6.45) is 1.07. The fourth-order valence-corrected chi connectivity index (χ4v) is 3.13. The van der Waals surface area contributed by atoms with Crippen LogP contribution in [0.2, 0.25) is 0 Å². The maximum atomic E-state index is 4.77. The molecule has 17 heavy (non-hydrogen) atoms. The molecule has 1 aromatic rings. The fraction of sp³-hybridized carbons (Fsp3) is 0.769. The normalized spacial score (nSPS) is 22.9. The summed E-state index contributed by atoms with van der Waals surface area (Å²) in [6, 6.07) is 0.600. The summed E-state index contributed by atoms with van der Waals surface area (Å²) < 4.78 is 0. The number of piperazine rings is 1. The molecule has 2 rings (SSSR count). The standard InChI is InChI=1S/C13H23N3S/c1-13(2,3)11-9-17-12(15-11)7-10-8-14-5-6-16(10)4/h9-10,14H,5-8H2,1-4H3. The molecule has 0 amide bonds. The van der Waals surface area contributed by atoms with Crippen LogP contribution in [0.15, 0.2) is 5.38 Å². The van der Waals surface area contributed by atoms with Gasteiger partial charge in [0.2, 0.25) is 0 Å². The van der Waals surface area contributed by atoms with Crippen LogP contribution in [-0.4, -0.2) is 42.6 Å². The van der Waals surface area contributed by atoms with Crippen molar-refractivity contribution in [1.82, 2.24) is 15.2 Å². The molecule has 1 fully saturated rings. The van der Waals surface area contributed by atoms with E-state index in [1.807, 2.05) is 0 Å². The maximum Gasteiger partial charge on any atom is 0.0944 e. The van der Waals surface area contributed by atoms with E-state index < -0.39 is 0 Å². The van der Waals surface area contributed by atoms with Gasteiger partial charge in [0.25, 0.3) is 0 Å². The van der Waals surface area contributed by atoms with E-state index in [2.05, 4.69) is 43.4 Å². The van der Waals surface area contributed by atoms with Crippen LogP contribution in [0.4, 0.5) is 0 Å². The third-order valence-electron chi connectivity index (χ3n) is 3.38. The molecule has 1 aliphatic heterocycles. The molecule has 0 bridgehead atoms. The Kier molecular flexibility index (Phi) is 3.85. The molecule has 1 aliphatic rings. The molecule has 3 nitrogen and oxygen atoms in total. The van der Waals surface area contributed by atoms with E-state index in [1.165, 1.54) is 10.7 Å². The SMILES string of the molecule is CN1CCNCC1Cc1nc(C(C)(C)C)cs1. The van der Waals surface area contributed by atoms with Crippen molar-refractivity contribution in [1.29, 1.82) is 0 Å². The van der Waals surface area contributed by atoms with Crippen LogP contribution >= 0.6 is 11.3 Å². The number of hydrogen-bond donors (Lipinski definition) is 1. The lowest BCUT2D eigenvalue weighted by molar-refractivity contribution is 0.199. The van der Waals surface area contributed by atoms with E-state index in [1.54, 1.807) is 11.3 Å². The number of likely N-dealkylation sites (N-methyl/N-ethyl adjacent to an activating group) is 1. The van der Waals surface area contributed by atoms with E-state index in [-0.39, 0.29) is 5.41 Å². The van der Waals surface area contributed by atoms with Crippen LogP contribution in [0.1, 0.15) is 31.5 Å². The predicted molar refractivity (Wildman–Crippen MR) is 73.8 cm³/mol. The van der Waals surface area contributed by atoms with Gasteiger partial charge in [-0.05, 0) is 7.05 Å². The Morgan fingerprint density at radius 3 is 2.88 bits per heavy atom. The minimum Gasteiger partial charge on any atom is -0.314 e. The molecular formula is C13H23N3S. The zero-order valence-electron chi connectivity index (χ0n) is 11.3. The average molecular weight is 253 g/mol. The van der Waals surface area contributed by atoms with E-state index in [4.69, 9.17) is 4.98 Å². The highest BCUT2D eigenvalue weighted by molar-refractivity contribution is 7.09. The molecule has 0 aliphatic carbocycles. The van der Waals surface area contributed by atoms with Crippen molar-refractivity contribution in [2.24, 2.45) is 0 Å². The molecule has 0 aromatic carbocycles. The van der Waals surface area contributed by atoms with Gasteiger partial charge in [0, 0.05) is 42.9 Å². The zero-order chi connectivity index (χ0) is 12.5. The second kappa shape index (κ2) is 5.04. The Morgan fingerprint density at radius 2 is 2.29 bits per heavy atom. The Bertz CT molecular complexity index is 367. The van der Waals surface area contributed by atoms with Crippen LogP contribution in [-0.2, 0) is 11.8 Å². The van der Waals surface area contributed by atoms with E-state index >= 15 is 0 Å². The summed E-state index contributed by atoms with van der Waals surface area (Å²) in [6.45, 7) is 10.0. The molecule has 2 heterocycles. The number of nitrogens with one attached hydrogen (secondary N) is 1. The molecular weight excluding hydrogens is 230 g/mol. The highest BCUT2D eigenvalue weighted by atomic mass is 32.1. The smallest absolute Gasteiger partial charge is 0.0944 e. The van der Waals surface area contributed by atoms with Gasteiger partial charge in [0.15, 0.2) is 0 Å². The first-order valence-electron chi connectivity index (χ1n) is 6.32. The van der Waals surface area contributed by atoms with Crippen molar-refractivity contribution < 1.29 is 0 Å². The van der Waals surface area contributed by atoms with Gasteiger partial charge in [0.05, 0.1) is 10.7 Å². The van der Waals surface area contributed by atoms with Gasteiger partial charge in [-0.3, -0.25) is 0 Å². The summed E-state index contributed by atoms with van der Waals surface area (Å²) in [7, 11) is 2.21. The zero-order valence-corrected chi connectivity index (χ0v) is 12.1. The van der Waals surface area contributed by atoms with E-state index in [9.17, 15) is 0 Å². The minimum absolute atomic E-state index is 0.172. The topological polar surface area (TPSA) is 28.2 Å². The van der Waals surface area contributed by atoms with Crippen LogP contribution in [0, 0.1) is 0 Å².